The maximum Gasteiger partial charge on any atom is 0.305 e. The number of esters is 1. The highest BCUT2D eigenvalue weighted by molar-refractivity contribution is 8.01. The second kappa shape index (κ2) is 7.80. The first kappa shape index (κ1) is 20.8. The Morgan fingerprint density at radius 3 is 1.78 bits per heavy atom. The largest absolute Gasteiger partial charge is 0.432 e. The van der Waals surface area contributed by atoms with E-state index in [9.17, 15) is 9.59 Å². The number of nitrogens with zero attached hydrogens (tertiary/aromatic N) is 1. The van der Waals surface area contributed by atoms with Crippen LogP contribution in [0.15, 0.2) is 91.0 Å². The maximum atomic E-state index is 13.5. The highest BCUT2D eigenvalue weighted by atomic mass is 32.2. The second-order valence-corrected chi connectivity index (χ2v) is 9.33. The fourth-order valence-corrected chi connectivity index (χ4v) is 7.12. The average molecular weight is 445 g/mol. The predicted octanol–water partition coefficient (Wildman–Crippen LogP) is 3.85. The zero-order valence-electron chi connectivity index (χ0n) is 17.9. The van der Waals surface area contributed by atoms with Crippen molar-refractivity contribution in [3.05, 3.63) is 108 Å². The van der Waals surface area contributed by atoms with Crippen molar-refractivity contribution in [1.29, 1.82) is 0 Å². The van der Waals surface area contributed by atoms with Crippen molar-refractivity contribution in [2.45, 2.75) is 28.8 Å². The molecule has 2 fully saturated rings. The fraction of sp³-hybridized carbons (Fsp3) is 0.231. The van der Waals surface area contributed by atoms with E-state index in [0.717, 1.165) is 16.7 Å². The Hall–Kier alpha value is -3.09. The Kier molecular flexibility index (Phi) is 5.07. The third kappa shape index (κ3) is 2.69. The molecular weight excluding hydrogens is 420 g/mol. The molecule has 1 N–H and O–H groups in total. The smallest absolute Gasteiger partial charge is 0.305 e. The summed E-state index contributed by atoms with van der Waals surface area (Å²) in [4.78, 5) is 27.9. The molecule has 3 aromatic rings. The zero-order valence-corrected chi connectivity index (χ0v) is 18.7. The molecule has 2 unspecified atom stereocenters. The molecule has 0 spiro atoms. The van der Waals surface area contributed by atoms with Crippen molar-refractivity contribution in [2.75, 3.05) is 7.05 Å². The SMILES string of the molecule is CNC1C(=O)N2[C@@H]1SC(c1ccccc1)(c1ccccc1)C2(OC(C)=O)c1ccccc1. The first-order valence-corrected chi connectivity index (χ1v) is 11.5. The molecule has 2 aliphatic heterocycles. The van der Waals surface area contributed by atoms with Crippen LogP contribution in [0.3, 0.4) is 0 Å². The van der Waals surface area contributed by atoms with Gasteiger partial charge in [-0.1, -0.05) is 91.0 Å². The standard InChI is InChI=1S/C26H24N2O3S/c1-18(29)31-26(21-16-10-5-11-17-21)25(19-12-6-3-7-13-19,20-14-8-4-9-15-20)32-24-22(27-2)23(30)28(24)26/h3-17,22,24,27H,1-2H3/t22?,24-,26?/m1/s1. The van der Waals surface area contributed by atoms with E-state index in [4.69, 9.17) is 4.74 Å². The quantitative estimate of drug-likeness (QED) is 0.479. The van der Waals surface area contributed by atoms with Gasteiger partial charge >= 0.3 is 5.97 Å². The highest BCUT2D eigenvalue weighted by Gasteiger charge is 2.76. The summed E-state index contributed by atoms with van der Waals surface area (Å²) in [5, 5.41) is 2.95. The van der Waals surface area contributed by atoms with Gasteiger partial charge in [-0.15, -0.1) is 11.8 Å². The summed E-state index contributed by atoms with van der Waals surface area (Å²) in [6.07, 6.45) is 0. The van der Waals surface area contributed by atoms with Crippen LogP contribution in [-0.2, 0) is 24.8 Å². The van der Waals surface area contributed by atoms with Gasteiger partial charge in [0.15, 0.2) is 0 Å². The number of benzene rings is 3. The lowest BCUT2D eigenvalue weighted by Crippen LogP contribution is -2.72. The van der Waals surface area contributed by atoms with E-state index in [1.165, 1.54) is 6.92 Å². The number of hydrogen-bond donors (Lipinski definition) is 1. The van der Waals surface area contributed by atoms with Crippen LogP contribution in [0.1, 0.15) is 23.6 Å². The number of ether oxygens (including phenoxy) is 1. The van der Waals surface area contributed by atoms with Gasteiger partial charge in [-0.25, -0.2) is 0 Å². The first-order chi connectivity index (χ1) is 15.6. The van der Waals surface area contributed by atoms with Gasteiger partial charge in [0.2, 0.25) is 11.6 Å². The molecule has 2 aliphatic rings. The van der Waals surface area contributed by atoms with E-state index in [-0.39, 0.29) is 17.3 Å². The number of β-lactam (4-membered cyclic amide) rings is 1. The second-order valence-electron chi connectivity index (χ2n) is 8.00. The predicted molar refractivity (Wildman–Crippen MR) is 125 cm³/mol. The van der Waals surface area contributed by atoms with Crippen LogP contribution in [0.2, 0.25) is 0 Å². The number of carbonyl (C=O) groups excluding carboxylic acids is 2. The monoisotopic (exact) mass is 444 g/mol. The van der Waals surface area contributed by atoms with Crippen molar-refractivity contribution in [1.82, 2.24) is 10.2 Å². The van der Waals surface area contributed by atoms with Crippen LogP contribution in [0.4, 0.5) is 0 Å². The van der Waals surface area contributed by atoms with Gasteiger partial charge in [0.05, 0.1) is 0 Å². The van der Waals surface area contributed by atoms with E-state index in [0.29, 0.717) is 0 Å². The van der Waals surface area contributed by atoms with Gasteiger partial charge in [0, 0.05) is 12.5 Å². The molecular formula is C26H24N2O3S. The normalized spacial score (nSPS) is 25.7. The van der Waals surface area contributed by atoms with Gasteiger partial charge in [0.25, 0.3) is 0 Å². The number of thioether (sulfide) groups is 1. The molecule has 5 nitrogen and oxygen atoms in total. The molecule has 32 heavy (non-hydrogen) atoms. The Bertz CT molecular complexity index is 1100. The van der Waals surface area contributed by atoms with Crippen LogP contribution in [0.5, 0.6) is 0 Å². The Balaban J connectivity index is 1.90. The van der Waals surface area contributed by atoms with Crippen molar-refractivity contribution in [3.8, 4) is 0 Å². The van der Waals surface area contributed by atoms with Gasteiger partial charge in [0.1, 0.15) is 16.2 Å². The molecule has 6 heteroatoms. The fourth-order valence-electron chi connectivity index (χ4n) is 5.05. The number of rotatable bonds is 5. The zero-order chi connectivity index (χ0) is 22.3. The van der Waals surface area contributed by atoms with E-state index in [1.807, 2.05) is 91.0 Å². The van der Waals surface area contributed by atoms with Crippen molar-refractivity contribution in [2.24, 2.45) is 0 Å². The maximum absolute atomic E-state index is 13.5. The molecule has 0 aliphatic carbocycles. The van der Waals surface area contributed by atoms with Crippen LogP contribution in [-0.4, -0.2) is 35.2 Å². The molecule has 2 saturated heterocycles. The summed E-state index contributed by atoms with van der Waals surface area (Å²) in [5.74, 6) is -0.518. The van der Waals surface area contributed by atoms with Gasteiger partial charge in [-0.2, -0.15) is 0 Å². The number of fused-ring (bicyclic) bond motifs is 1. The summed E-state index contributed by atoms with van der Waals surface area (Å²) in [7, 11) is 1.79. The minimum absolute atomic E-state index is 0.0798. The molecule has 3 aromatic carbocycles. The molecule has 0 aromatic heterocycles. The number of nitrogens with one attached hydrogen (secondary N) is 1. The Labute approximate surface area is 191 Å². The third-order valence-corrected chi connectivity index (χ3v) is 8.11. The minimum Gasteiger partial charge on any atom is -0.432 e. The first-order valence-electron chi connectivity index (χ1n) is 10.6. The van der Waals surface area contributed by atoms with Crippen molar-refractivity contribution < 1.29 is 14.3 Å². The van der Waals surface area contributed by atoms with Crippen LogP contribution in [0, 0.1) is 0 Å². The van der Waals surface area contributed by atoms with Crippen LogP contribution in [0.25, 0.3) is 0 Å². The molecule has 2 heterocycles. The van der Waals surface area contributed by atoms with Gasteiger partial charge in [-0.3, -0.25) is 14.5 Å². The summed E-state index contributed by atoms with van der Waals surface area (Å²) in [6, 6.07) is 29.3. The highest BCUT2D eigenvalue weighted by Crippen LogP contribution is 2.68. The molecule has 162 valence electrons. The number of amides is 1. The lowest BCUT2D eigenvalue weighted by atomic mass is 9.75. The minimum atomic E-state index is -1.34. The van der Waals surface area contributed by atoms with E-state index in [2.05, 4.69) is 5.32 Å². The van der Waals surface area contributed by atoms with E-state index >= 15 is 0 Å². The number of carbonyl (C=O) groups is 2. The molecule has 3 atom stereocenters. The summed E-state index contributed by atoms with van der Waals surface area (Å²) < 4.78 is 5.46. The lowest BCUT2D eigenvalue weighted by molar-refractivity contribution is -0.210. The number of hydrogen-bond acceptors (Lipinski definition) is 5. The molecule has 1 amide bonds. The molecule has 5 rings (SSSR count). The van der Waals surface area contributed by atoms with E-state index in [1.54, 1.807) is 23.7 Å². The van der Waals surface area contributed by atoms with Crippen LogP contribution < -0.4 is 5.32 Å². The van der Waals surface area contributed by atoms with Crippen molar-refractivity contribution >= 4 is 23.6 Å². The summed E-state index contributed by atoms with van der Waals surface area (Å²) in [6.45, 7) is 1.41. The third-order valence-electron chi connectivity index (χ3n) is 6.29. The summed E-state index contributed by atoms with van der Waals surface area (Å²) in [5.41, 5.74) is 1.36. The van der Waals surface area contributed by atoms with Crippen LogP contribution >= 0.6 is 11.8 Å². The van der Waals surface area contributed by atoms with Crippen molar-refractivity contribution in [3.63, 3.8) is 0 Å². The average Bonchev–Trinajstić information content (AvgIpc) is 3.09. The molecule has 0 radical (unpaired) electrons. The molecule has 0 bridgehead atoms. The molecule has 0 saturated carbocycles. The Morgan fingerprint density at radius 1 is 0.875 bits per heavy atom. The topological polar surface area (TPSA) is 58.6 Å². The summed E-state index contributed by atoms with van der Waals surface area (Å²) >= 11 is 1.66. The van der Waals surface area contributed by atoms with Gasteiger partial charge < -0.3 is 10.1 Å². The lowest BCUT2D eigenvalue weighted by Gasteiger charge is -2.52. The van der Waals surface area contributed by atoms with E-state index < -0.39 is 16.4 Å². The number of likely N-dealkylation sites (N-methyl/N-ethyl adjacent to an activating group) is 1. The van der Waals surface area contributed by atoms with Gasteiger partial charge in [-0.05, 0) is 18.2 Å². The Morgan fingerprint density at radius 2 is 1.34 bits per heavy atom.